The van der Waals surface area contributed by atoms with Crippen LogP contribution in [0, 0.1) is 23.7 Å². The molecule has 0 saturated heterocycles. The minimum atomic E-state index is 0.248. The molecule has 152 valence electrons. The third kappa shape index (κ3) is 5.17. The number of carbonyl (C=O) groups excluding carboxylic acids is 1. The van der Waals surface area contributed by atoms with Gasteiger partial charge in [-0.3, -0.25) is 4.79 Å². The predicted octanol–water partition coefficient (Wildman–Crippen LogP) is 7.37. The molecule has 0 heterocycles. The van der Waals surface area contributed by atoms with Gasteiger partial charge in [-0.1, -0.05) is 74.9 Å². The van der Waals surface area contributed by atoms with E-state index in [1.165, 1.54) is 49.7 Å². The van der Waals surface area contributed by atoms with Gasteiger partial charge in [-0.05, 0) is 72.6 Å². The number of Topliss-reactive ketones (excluding diaryl/α,β-unsaturated/α-hetero) is 1. The average Bonchev–Trinajstić information content (AvgIpc) is 2.72. The van der Waals surface area contributed by atoms with E-state index in [9.17, 15) is 4.79 Å². The predicted molar refractivity (Wildman–Crippen MR) is 120 cm³/mol. The van der Waals surface area contributed by atoms with Crippen molar-refractivity contribution in [1.82, 2.24) is 0 Å². The first-order chi connectivity index (χ1) is 13.5. The van der Waals surface area contributed by atoms with Crippen molar-refractivity contribution in [3.63, 3.8) is 0 Å². The third-order valence-electron chi connectivity index (χ3n) is 7.07. The number of hydrogen-bond donors (Lipinski definition) is 0. The Morgan fingerprint density at radius 3 is 2.68 bits per heavy atom. The normalized spacial score (nSPS) is 23.0. The van der Waals surface area contributed by atoms with Crippen LogP contribution >= 0.6 is 11.6 Å². The fourth-order valence-corrected chi connectivity index (χ4v) is 5.62. The van der Waals surface area contributed by atoms with E-state index in [0.29, 0.717) is 30.0 Å². The number of halogens is 1. The largest absolute Gasteiger partial charge is 0.295 e. The number of aryl methyl sites for hydroxylation is 1. The molecule has 0 radical (unpaired) electrons. The lowest BCUT2D eigenvalue weighted by molar-refractivity contribution is -0.117. The molecule has 0 aliphatic heterocycles. The van der Waals surface area contributed by atoms with Crippen LogP contribution in [-0.2, 0) is 17.6 Å². The summed E-state index contributed by atoms with van der Waals surface area (Å²) < 4.78 is 0. The Morgan fingerprint density at radius 1 is 1.21 bits per heavy atom. The number of benzene rings is 1. The SMILES string of the molecule is C=CC(C)/C=C(\C)C(=O)CC(C1CCCCC1)C1CCc2cccc(Cl)c2C1. The summed E-state index contributed by atoms with van der Waals surface area (Å²) in [4.78, 5) is 13.1. The lowest BCUT2D eigenvalue weighted by Crippen LogP contribution is -2.32. The van der Waals surface area contributed by atoms with Gasteiger partial charge in [0.25, 0.3) is 0 Å². The van der Waals surface area contributed by atoms with Crippen LogP contribution in [0.3, 0.4) is 0 Å². The van der Waals surface area contributed by atoms with Gasteiger partial charge in [0.15, 0.2) is 5.78 Å². The highest BCUT2D eigenvalue weighted by Gasteiger charge is 2.34. The topological polar surface area (TPSA) is 17.1 Å². The first-order valence-corrected chi connectivity index (χ1v) is 11.5. The van der Waals surface area contributed by atoms with Crippen LogP contribution in [0.25, 0.3) is 0 Å². The summed E-state index contributed by atoms with van der Waals surface area (Å²) in [6, 6.07) is 6.31. The molecule has 1 fully saturated rings. The molecular formula is C26H35ClO. The second-order valence-corrected chi connectivity index (χ2v) is 9.42. The van der Waals surface area contributed by atoms with E-state index in [2.05, 4.69) is 31.7 Å². The summed E-state index contributed by atoms with van der Waals surface area (Å²) in [7, 11) is 0. The summed E-state index contributed by atoms with van der Waals surface area (Å²) in [5.41, 5.74) is 3.65. The Labute approximate surface area is 176 Å². The second-order valence-electron chi connectivity index (χ2n) is 9.01. The van der Waals surface area contributed by atoms with Gasteiger partial charge in [-0.25, -0.2) is 0 Å². The molecule has 1 aromatic carbocycles. The van der Waals surface area contributed by atoms with E-state index < -0.39 is 0 Å². The fraction of sp³-hybridized carbons (Fsp3) is 0.577. The van der Waals surface area contributed by atoms with Crippen molar-refractivity contribution in [2.45, 2.75) is 71.6 Å². The first-order valence-electron chi connectivity index (χ1n) is 11.1. The quantitative estimate of drug-likeness (QED) is 0.346. The summed E-state index contributed by atoms with van der Waals surface area (Å²) in [6.07, 6.45) is 14.6. The Morgan fingerprint density at radius 2 is 1.96 bits per heavy atom. The first kappa shape index (κ1) is 21.4. The molecule has 0 amide bonds. The monoisotopic (exact) mass is 398 g/mol. The average molecular weight is 399 g/mol. The maximum absolute atomic E-state index is 13.1. The van der Waals surface area contributed by atoms with E-state index in [1.54, 1.807) is 0 Å². The molecule has 3 rings (SSSR count). The summed E-state index contributed by atoms with van der Waals surface area (Å²) >= 11 is 6.54. The van der Waals surface area contributed by atoms with Crippen LogP contribution in [-0.4, -0.2) is 5.78 Å². The van der Waals surface area contributed by atoms with Crippen molar-refractivity contribution in [1.29, 1.82) is 0 Å². The third-order valence-corrected chi connectivity index (χ3v) is 7.43. The maximum Gasteiger partial charge on any atom is 0.158 e. The lowest BCUT2D eigenvalue weighted by atomic mass is 9.66. The highest BCUT2D eigenvalue weighted by molar-refractivity contribution is 6.31. The summed E-state index contributed by atoms with van der Waals surface area (Å²) in [6.45, 7) is 7.91. The van der Waals surface area contributed by atoms with Crippen LogP contribution in [0.1, 0.15) is 69.9 Å². The molecule has 0 spiro atoms. The zero-order chi connectivity index (χ0) is 20.1. The molecule has 1 aromatic rings. The lowest BCUT2D eigenvalue weighted by Gasteiger charge is -2.38. The Hall–Kier alpha value is -1.34. The van der Waals surface area contributed by atoms with Gasteiger partial charge in [0.2, 0.25) is 0 Å². The smallest absolute Gasteiger partial charge is 0.158 e. The van der Waals surface area contributed by atoms with Crippen molar-refractivity contribution in [2.24, 2.45) is 23.7 Å². The van der Waals surface area contributed by atoms with Gasteiger partial charge in [-0.2, -0.15) is 0 Å². The summed E-state index contributed by atoms with van der Waals surface area (Å²) in [5, 5.41) is 0.909. The molecule has 1 nitrogen and oxygen atoms in total. The molecule has 28 heavy (non-hydrogen) atoms. The van der Waals surface area contributed by atoms with Gasteiger partial charge >= 0.3 is 0 Å². The number of hydrogen-bond acceptors (Lipinski definition) is 1. The number of allylic oxidation sites excluding steroid dienone is 3. The Balaban J connectivity index is 1.80. The Kier molecular flexibility index (Phi) is 7.57. The molecule has 0 N–H and O–H groups in total. The van der Waals surface area contributed by atoms with Crippen molar-refractivity contribution in [3.05, 3.63) is 58.7 Å². The maximum atomic E-state index is 13.1. The number of rotatable bonds is 7. The minimum absolute atomic E-state index is 0.248. The molecule has 3 unspecified atom stereocenters. The van der Waals surface area contributed by atoms with Crippen LogP contribution in [0.15, 0.2) is 42.5 Å². The van der Waals surface area contributed by atoms with Crippen molar-refractivity contribution >= 4 is 17.4 Å². The van der Waals surface area contributed by atoms with E-state index in [4.69, 9.17) is 11.6 Å². The van der Waals surface area contributed by atoms with Crippen molar-refractivity contribution in [3.8, 4) is 0 Å². The van der Waals surface area contributed by atoms with Gasteiger partial charge in [0.1, 0.15) is 0 Å². The van der Waals surface area contributed by atoms with Crippen LogP contribution in [0.4, 0.5) is 0 Å². The standard InChI is InChI=1S/C26H35ClO/c1-4-18(2)15-19(3)26(28)17-23(20-9-6-5-7-10-20)22-14-13-21-11-8-12-25(27)24(21)16-22/h4,8,11-12,15,18,20,22-23H,1,5-7,9-10,13-14,16-17H2,2-3H3/b19-15+. The highest BCUT2D eigenvalue weighted by Crippen LogP contribution is 2.42. The minimum Gasteiger partial charge on any atom is -0.295 e. The number of fused-ring (bicyclic) bond motifs is 1. The molecular weight excluding hydrogens is 364 g/mol. The molecule has 2 heteroatoms. The zero-order valence-corrected chi connectivity index (χ0v) is 18.3. The molecule has 3 atom stereocenters. The molecule has 0 aromatic heterocycles. The van der Waals surface area contributed by atoms with Gasteiger partial charge in [0, 0.05) is 11.4 Å². The van der Waals surface area contributed by atoms with E-state index >= 15 is 0 Å². The molecule has 2 aliphatic rings. The van der Waals surface area contributed by atoms with Crippen molar-refractivity contribution in [2.75, 3.05) is 0 Å². The van der Waals surface area contributed by atoms with Gasteiger partial charge in [0.05, 0.1) is 0 Å². The van der Waals surface area contributed by atoms with E-state index in [1.807, 2.05) is 19.1 Å². The highest BCUT2D eigenvalue weighted by atomic mass is 35.5. The van der Waals surface area contributed by atoms with E-state index in [0.717, 1.165) is 23.4 Å². The van der Waals surface area contributed by atoms with Crippen LogP contribution in [0.5, 0.6) is 0 Å². The van der Waals surface area contributed by atoms with Crippen LogP contribution < -0.4 is 0 Å². The number of carbonyl (C=O) groups is 1. The molecule has 1 saturated carbocycles. The zero-order valence-electron chi connectivity index (χ0n) is 17.6. The molecule has 0 bridgehead atoms. The van der Waals surface area contributed by atoms with E-state index in [-0.39, 0.29) is 5.92 Å². The summed E-state index contributed by atoms with van der Waals surface area (Å²) in [5.74, 6) is 2.33. The number of ketones is 1. The van der Waals surface area contributed by atoms with Crippen LogP contribution in [0.2, 0.25) is 5.02 Å². The van der Waals surface area contributed by atoms with Gasteiger partial charge in [-0.15, -0.1) is 6.58 Å². The second kappa shape index (κ2) is 9.92. The van der Waals surface area contributed by atoms with Crippen molar-refractivity contribution < 1.29 is 4.79 Å². The fourth-order valence-electron chi connectivity index (χ4n) is 5.35. The molecule has 2 aliphatic carbocycles. The Bertz CT molecular complexity index is 726. The van der Waals surface area contributed by atoms with Gasteiger partial charge < -0.3 is 0 Å².